The second-order valence-electron chi connectivity index (χ2n) is 11.0. The zero-order valence-electron chi connectivity index (χ0n) is 25.3. The summed E-state index contributed by atoms with van der Waals surface area (Å²) in [6.07, 6.45) is -0.290. The van der Waals surface area contributed by atoms with Crippen molar-refractivity contribution in [2.24, 2.45) is 5.92 Å². The molecule has 0 saturated carbocycles. The monoisotopic (exact) mass is 611 g/mol. The summed E-state index contributed by atoms with van der Waals surface area (Å²) >= 11 is 0. The number of sulfonamides is 1. The van der Waals surface area contributed by atoms with E-state index in [9.17, 15) is 18.3 Å². The molecule has 3 aromatic carbocycles. The van der Waals surface area contributed by atoms with Gasteiger partial charge >= 0.3 is 0 Å². The number of nitrogens with zero attached hydrogens (tertiary/aromatic N) is 2. The molecular weight excluding hydrogens is 570 g/mol. The van der Waals surface area contributed by atoms with Crippen LogP contribution in [0, 0.1) is 5.92 Å². The maximum Gasteiger partial charge on any atom is 0.261 e. The van der Waals surface area contributed by atoms with Gasteiger partial charge < -0.3 is 24.2 Å². The van der Waals surface area contributed by atoms with Crippen molar-refractivity contribution >= 4 is 21.6 Å². The van der Waals surface area contributed by atoms with Crippen LogP contribution in [-0.2, 0) is 27.8 Å². The number of benzene rings is 3. The van der Waals surface area contributed by atoms with Gasteiger partial charge in [0.2, 0.25) is 5.91 Å². The minimum Gasteiger partial charge on any atom is -0.497 e. The molecule has 0 radical (unpaired) electrons. The molecule has 3 aromatic rings. The van der Waals surface area contributed by atoms with E-state index in [1.165, 1.54) is 19.2 Å². The minimum absolute atomic E-state index is 0.00109. The first-order valence-corrected chi connectivity index (χ1v) is 15.7. The molecule has 0 bridgehead atoms. The number of hydrogen-bond donors (Lipinski definition) is 2. The van der Waals surface area contributed by atoms with E-state index in [0.29, 0.717) is 42.4 Å². The van der Waals surface area contributed by atoms with Gasteiger partial charge in [-0.15, -0.1) is 0 Å². The molecule has 0 saturated heterocycles. The number of aliphatic hydroxyl groups is 1. The van der Waals surface area contributed by atoms with Gasteiger partial charge in [-0.2, -0.15) is 0 Å². The van der Waals surface area contributed by atoms with Crippen molar-refractivity contribution in [2.45, 2.75) is 43.9 Å². The van der Waals surface area contributed by atoms with Crippen molar-refractivity contribution in [1.82, 2.24) is 9.80 Å². The van der Waals surface area contributed by atoms with Crippen LogP contribution in [0.2, 0.25) is 0 Å². The highest BCUT2D eigenvalue weighted by Crippen LogP contribution is 2.30. The third-order valence-electron chi connectivity index (χ3n) is 7.64. The second kappa shape index (κ2) is 14.1. The van der Waals surface area contributed by atoms with Crippen LogP contribution in [0.1, 0.15) is 25.0 Å². The zero-order chi connectivity index (χ0) is 31.1. The van der Waals surface area contributed by atoms with Gasteiger partial charge in [-0.05, 0) is 74.1 Å². The maximum absolute atomic E-state index is 13.5. The lowest BCUT2D eigenvalue weighted by atomic mass is 10.0. The summed E-state index contributed by atoms with van der Waals surface area (Å²) in [6, 6.07) is 18.6. The minimum atomic E-state index is -3.89. The average molecular weight is 612 g/mol. The molecule has 1 aliphatic heterocycles. The highest BCUT2D eigenvalue weighted by atomic mass is 32.2. The fourth-order valence-electron chi connectivity index (χ4n) is 5.09. The molecule has 1 aliphatic rings. The predicted octanol–water partition coefficient (Wildman–Crippen LogP) is 3.79. The highest BCUT2D eigenvalue weighted by molar-refractivity contribution is 7.92. The molecule has 11 heteroatoms. The normalized spacial score (nSPS) is 18.1. The number of likely N-dealkylation sites (N-methyl/N-ethyl adjacent to an activating group) is 1. The van der Waals surface area contributed by atoms with Crippen LogP contribution in [0.15, 0.2) is 71.6 Å². The van der Waals surface area contributed by atoms with Gasteiger partial charge in [0, 0.05) is 36.8 Å². The molecule has 1 heterocycles. The number of amides is 1. The number of methoxy groups -OCH3 is 2. The number of hydrogen-bond acceptors (Lipinski definition) is 8. The summed E-state index contributed by atoms with van der Waals surface area (Å²) in [6.45, 7) is 5.36. The Bertz CT molecular complexity index is 1480. The number of carbonyl (C=O) groups excluding carboxylic acids is 1. The van der Waals surface area contributed by atoms with Crippen molar-refractivity contribution in [3.63, 3.8) is 0 Å². The van der Waals surface area contributed by atoms with Crippen molar-refractivity contribution in [1.29, 1.82) is 0 Å². The van der Waals surface area contributed by atoms with Crippen LogP contribution in [-0.4, -0.2) is 82.3 Å². The number of nitrogens with one attached hydrogen (secondary N) is 1. The van der Waals surface area contributed by atoms with E-state index >= 15 is 0 Å². The smallest absolute Gasteiger partial charge is 0.261 e. The number of rotatable bonds is 11. The molecule has 0 fully saturated rings. The first-order valence-electron chi connectivity index (χ1n) is 14.2. The first-order chi connectivity index (χ1) is 20.5. The largest absolute Gasteiger partial charge is 0.497 e. The lowest BCUT2D eigenvalue weighted by molar-refractivity contribution is -0.134. The molecule has 10 nitrogen and oxygen atoms in total. The maximum atomic E-state index is 13.5. The van der Waals surface area contributed by atoms with E-state index < -0.39 is 10.0 Å². The number of carbonyl (C=O) groups is 1. The van der Waals surface area contributed by atoms with Crippen LogP contribution in [0.4, 0.5) is 5.69 Å². The molecule has 4 rings (SSSR count). The van der Waals surface area contributed by atoms with E-state index in [2.05, 4.69) is 9.62 Å². The number of aliphatic hydroxyl groups excluding tert-OH is 1. The zero-order valence-corrected chi connectivity index (χ0v) is 26.1. The van der Waals surface area contributed by atoms with Crippen LogP contribution < -0.4 is 18.9 Å². The van der Waals surface area contributed by atoms with Crippen molar-refractivity contribution in [3.05, 3.63) is 77.9 Å². The van der Waals surface area contributed by atoms with Gasteiger partial charge in [0.1, 0.15) is 23.4 Å². The number of ether oxygens (including phenoxy) is 3. The Kier molecular flexibility index (Phi) is 10.5. The Morgan fingerprint density at radius 1 is 1.05 bits per heavy atom. The lowest BCUT2D eigenvalue weighted by Gasteiger charge is -2.34. The van der Waals surface area contributed by atoms with Gasteiger partial charge in [0.05, 0.1) is 38.2 Å². The summed E-state index contributed by atoms with van der Waals surface area (Å²) in [5.41, 5.74) is 2.00. The molecule has 2 N–H and O–H groups in total. The number of fused-ring (bicyclic) bond motifs is 1. The fraction of sp³-hybridized carbons (Fsp3) is 0.406. The molecule has 232 valence electrons. The predicted molar refractivity (Wildman–Crippen MR) is 165 cm³/mol. The molecule has 43 heavy (non-hydrogen) atoms. The van der Waals surface area contributed by atoms with Crippen LogP contribution >= 0.6 is 0 Å². The molecular formula is C32H41N3O7S. The van der Waals surface area contributed by atoms with Crippen molar-refractivity contribution in [2.75, 3.05) is 45.7 Å². The molecule has 1 amide bonds. The van der Waals surface area contributed by atoms with Crippen LogP contribution in [0.25, 0.3) is 0 Å². The van der Waals surface area contributed by atoms with E-state index in [1.54, 1.807) is 42.3 Å². The Morgan fingerprint density at radius 2 is 1.67 bits per heavy atom. The van der Waals surface area contributed by atoms with E-state index in [0.717, 1.165) is 11.3 Å². The molecule has 0 aromatic heterocycles. The van der Waals surface area contributed by atoms with E-state index in [1.807, 2.05) is 45.2 Å². The van der Waals surface area contributed by atoms with Gasteiger partial charge in [0.15, 0.2) is 0 Å². The Hall–Kier alpha value is -3.80. The second-order valence-corrected chi connectivity index (χ2v) is 12.7. The SMILES string of the molecule is COc1ccc(CN(C)C[C@H]2Oc3ccc(NS(=O)(=O)c4ccc(OC)cc4)cc3CC(=O)N([C@H](C)CO)C[C@H]2C)cc1. The molecule has 3 atom stereocenters. The summed E-state index contributed by atoms with van der Waals surface area (Å²) < 4.78 is 45.8. The Morgan fingerprint density at radius 3 is 2.28 bits per heavy atom. The first kappa shape index (κ1) is 32.1. The standard InChI is InChI=1S/C32H41N3O7S/c1-22-18-35(23(2)21-36)32(37)17-25-16-26(33-43(38,39)29-13-11-28(41-5)12-14-29)8-15-30(25)42-31(22)20-34(3)19-24-6-9-27(40-4)10-7-24/h6-16,22-23,31,33,36H,17-21H2,1-5H3/t22-,23-,31-/m1/s1. The van der Waals surface area contributed by atoms with Gasteiger partial charge in [0.25, 0.3) is 10.0 Å². The summed E-state index contributed by atoms with van der Waals surface area (Å²) in [4.78, 5) is 17.5. The van der Waals surface area contributed by atoms with Crippen LogP contribution in [0.5, 0.6) is 17.2 Å². The van der Waals surface area contributed by atoms with Crippen molar-refractivity contribution in [3.8, 4) is 17.2 Å². The molecule has 0 unspecified atom stereocenters. The summed E-state index contributed by atoms with van der Waals surface area (Å²) in [7, 11) is 1.28. The average Bonchev–Trinajstić information content (AvgIpc) is 3.04. The van der Waals surface area contributed by atoms with E-state index in [4.69, 9.17) is 14.2 Å². The highest BCUT2D eigenvalue weighted by Gasteiger charge is 2.31. The molecule has 0 aliphatic carbocycles. The summed E-state index contributed by atoms with van der Waals surface area (Å²) in [5, 5.41) is 9.92. The summed E-state index contributed by atoms with van der Waals surface area (Å²) in [5.74, 6) is 1.64. The van der Waals surface area contributed by atoms with E-state index in [-0.39, 0.29) is 41.9 Å². The van der Waals surface area contributed by atoms with Crippen molar-refractivity contribution < 1.29 is 32.5 Å². The lowest BCUT2D eigenvalue weighted by Crippen LogP contribution is -2.47. The topological polar surface area (TPSA) is 118 Å². The van der Waals surface area contributed by atoms with Gasteiger partial charge in [-0.1, -0.05) is 19.1 Å². The number of anilines is 1. The fourth-order valence-corrected chi connectivity index (χ4v) is 6.14. The van der Waals surface area contributed by atoms with Gasteiger partial charge in [-0.3, -0.25) is 14.4 Å². The quantitative estimate of drug-likeness (QED) is 0.337. The van der Waals surface area contributed by atoms with Crippen LogP contribution in [0.3, 0.4) is 0 Å². The third kappa shape index (κ3) is 8.19. The molecule has 0 spiro atoms. The Balaban J connectivity index is 1.60. The Labute approximate surface area is 254 Å². The van der Waals surface area contributed by atoms with Gasteiger partial charge in [-0.25, -0.2) is 8.42 Å². The third-order valence-corrected chi connectivity index (χ3v) is 9.04.